The van der Waals surface area contributed by atoms with Crippen LogP contribution in [0.5, 0.6) is 0 Å². The van der Waals surface area contributed by atoms with E-state index in [1.165, 1.54) is 25.0 Å². The van der Waals surface area contributed by atoms with E-state index in [9.17, 15) is 0 Å². The molecule has 0 aromatic carbocycles. The SMILES string of the molecule is Cc1ncc(C2CC(Br)CCC2C)n1C. The molecule has 0 spiro atoms. The Morgan fingerprint density at radius 3 is 2.80 bits per heavy atom. The smallest absolute Gasteiger partial charge is 0.105 e. The van der Waals surface area contributed by atoms with E-state index in [2.05, 4.69) is 52.6 Å². The van der Waals surface area contributed by atoms with Crippen LogP contribution in [0.4, 0.5) is 0 Å². The summed E-state index contributed by atoms with van der Waals surface area (Å²) in [6.07, 6.45) is 5.95. The Morgan fingerprint density at radius 2 is 2.20 bits per heavy atom. The number of rotatable bonds is 1. The maximum absolute atomic E-state index is 4.40. The minimum atomic E-state index is 0.675. The highest BCUT2D eigenvalue weighted by Crippen LogP contribution is 2.40. The first-order valence-corrected chi connectivity index (χ1v) is 6.63. The van der Waals surface area contributed by atoms with E-state index in [-0.39, 0.29) is 0 Å². The van der Waals surface area contributed by atoms with Gasteiger partial charge in [0, 0.05) is 29.7 Å². The number of aryl methyl sites for hydroxylation is 1. The molecule has 0 N–H and O–H groups in total. The van der Waals surface area contributed by atoms with Gasteiger partial charge in [-0.3, -0.25) is 0 Å². The van der Waals surface area contributed by atoms with Crippen molar-refractivity contribution in [2.24, 2.45) is 13.0 Å². The van der Waals surface area contributed by atoms with Crippen LogP contribution in [0.25, 0.3) is 0 Å². The Labute approximate surface area is 100 Å². The standard InChI is InChI=1S/C12H19BrN2/c1-8-4-5-10(13)6-11(8)12-7-14-9(2)15(12)3/h7-8,10-11H,4-6H2,1-3H3. The van der Waals surface area contributed by atoms with Crippen LogP contribution >= 0.6 is 15.9 Å². The van der Waals surface area contributed by atoms with Crippen molar-refractivity contribution in [1.82, 2.24) is 9.55 Å². The number of nitrogens with zero attached hydrogens (tertiary/aromatic N) is 2. The molecule has 3 unspecified atom stereocenters. The molecule has 1 saturated carbocycles. The van der Waals surface area contributed by atoms with Crippen molar-refractivity contribution in [1.29, 1.82) is 0 Å². The molecule has 3 heteroatoms. The maximum atomic E-state index is 4.40. The van der Waals surface area contributed by atoms with Crippen LogP contribution < -0.4 is 0 Å². The van der Waals surface area contributed by atoms with Gasteiger partial charge in [0.1, 0.15) is 5.82 Å². The zero-order valence-electron chi connectivity index (χ0n) is 9.70. The summed E-state index contributed by atoms with van der Waals surface area (Å²) in [5.41, 5.74) is 1.41. The van der Waals surface area contributed by atoms with Gasteiger partial charge in [-0.25, -0.2) is 4.98 Å². The zero-order chi connectivity index (χ0) is 11.0. The highest BCUT2D eigenvalue weighted by atomic mass is 79.9. The van der Waals surface area contributed by atoms with Gasteiger partial charge in [0.25, 0.3) is 0 Å². The van der Waals surface area contributed by atoms with E-state index < -0.39 is 0 Å². The van der Waals surface area contributed by atoms with Crippen LogP contribution in [0.2, 0.25) is 0 Å². The third kappa shape index (κ3) is 2.12. The monoisotopic (exact) mass is 270 g/mol. The van der Waals surface area contributed by atoms with Crippen LogP contribution in [0.15, 0.2) is 6.20 Å². The van der Waals surface area contributed by atoms with Crippen molar-refractivity contribution in [2.45, 2.75) is 43.9 Å². The third-order valence-electron chi connectivity index (χ3n) is 3.77. The van der Waals surface area contributed by atoms with Crippen molar-refractivity contribution >= 4 is 15.9 Å². The van der Waals surface area contributed by atoms with Crippen molar-refractivity contribution < 1.29 is 0 Å². The Bertz CT molecular complexity index is 345. The molecule has 0 saturated heterocycles. The summed E-state index contributed by atoms with van der Waals surface area (Å²) < 4.78 is 2.24. The van der Waals surface area contributed by atoms with Gasteiger partial charge in [0.15, 0.2) is 0 Å². The van der Waals surface area contributed by atoms with Gasteiger partial charge in [-0.2, -0.15) is 0 Å². The first kappa shape index (κ1) is 11.2. The Hall–Kier alpha value is -0.310. The minimum Gasteiger partial charge on any atom is -0.335 e. The number of halogens is 1. The lowest BCUT2D eigenvalue weighted by atomic mass is 9.78. The van der Waals surface area contributed by atoms with Crippen molar-refractivity contribution in [3.8, 4) is 0 Å². The molecule has 84 valence electrons. The number of hydrogen-bond acceptors (Lipinski definition) is 1. The average Bonchev–Trinajstić information content (AvgIpc) is 2.52. The molecule has 1 aromatic rings. The normalized spacial score (nSPS) is 31.9. The van der Waals surface area contributed by atoms with Crippen LogP contribution in [0.1, 0.15) is 43.6 Å². The summed E-state index contributed by atoms with van der Waals surface area (Å²) in [7, 11) is 2.13. The van der Waals surface area contributed by atoms with Crippen molar-refractivity contribution in [3.63, 3.8) is 0 Å². The maximum Gasteiger partial charge on any atom is 0.105 e. The molecule has 1 fully saturated rings. The Morgan fingerprint density at radius 1 is 1.47 bits per heavy atom. The first-order chi connectivity index (χ1) is 7.09. The third-order valence-corrected chi connectivity index (χ3v) is 4.60. The predicted molar refractivity (Wildman–Crippen MR) is 66.4 cm³/mol. The molecule has 15 heavy (non-hydrogen) atoms. The largest absolute Gasteiger partial charge is 0.335 e. The quantitative estimate of drug-likeness (QED) is 0.716. The van der Waals surface area contributed by atoms with Gasteiger partial charge < -0.3 is 4.57 Å². The molecular weight excluding hydrogens is 252 g/mol. The van der Waals surface area contributed by atoms with E-state index in [4.69, 9.17) is 0 Å². The van der Waals surface area contributed by atoms with E-state index in [0.717, 1.165) is 11.7 Å². The van der Waals surface area contributed by atoms with Gasteiger partial charge >= 0.3 is 0 Å². The van der Waals surface area contributed by atoms with Crippen molar-refractivity contribution in [3.05, 3.63) is 17.7 Å². The fourth-order valence-corrected chi connectivity index (χ4v) is 3.21. The van der Waals surface area contributed by atoms with E-state index in [1.807, 2.05) is 0 Å². The molecule has 1 aliphatic rings. The molecule has 2 nitrogen and oxygen atoms in total. The molecular formula is C12H19BrN2. The molecule has 1 aliphatic carbocycles. The lowest BCUT2D eigenvalue weighted by Crippen LogP contribution is -2.23. The van der Waals surface area contributed by atoms with Crippen LogP contribution in [-0.2, 0) is 7.05 Å². The van der Waals surface area contributed by atoms with Gasteiger partial charge in [-0.15, -0.1) is 0 Å². The van der Waals surface area contributed by atoms with Crippen LogP contribution in [-0.4, -0.2) is 14.4 Å². The molecule has 0 aliphatic heterocycles. The molecule has 3 atom stereocenters. The summed E-state index contributed by atoms with van der Waals surface area (Å²) in [6.45, 7) is 4.44. The fraction of sp³-hybridized carbons (Fsp3) is 0.750. The summed E-state index contributed by atoms with van der Waals surface area (Å²) in [4.78, 5) is 5.09. The topological polar surface area (TPSA) is 17.8 Å². The van der Waals surface area contributed by atoms with Crippen molar-refractivity contribution in [2.75, 3.05) is 0 Å². The zero-order valence-corrected chi connectivity index (χ0v) is 11.3. The lowest BCUT2D eigenvalue weighted by Gasteiger charge is -2.32. The van der Waals surface area contributed by atoms with Crippen LogP contribution in [0.3, 0.4) is 0 Å². The molecule has 2 rings (SSSR count). The summed E-state index contributed by atoms with van der Waals surface area (Å²) in [5, 5.41) is 0. The molecule has 0 bridgehead atoms. The van der Waals surface area contributed by atoms with Gasteiger partial charge in [-0.05, 0) is 32.1 Å². The van der Waals surface area contributed by atoms with Crippen LogP contribution in [0, 0.1) is 12.8 Å². The highest BCUT2D eigenvalue weighted by molar-refractivity contribution is 9.09. The number of imidazole rings is 1. The minimum absolute atomic E-state index is 0.675. The van der Waals surface area contributed by atoms with Gasteiger partial charge in [0.2, 0.25) is 0 Å². The second kappa shape index (κ2) is 4.28. The number of alkyl halides is 1. The highest BCUT2D eigenvalue weighted by Gasteiger charge is 2.29. The molecule has 1 heterocycles. The molecule has 0 radical (unpaired) electrons. The second-order valence-corrected chi connectivity index (χ2v) is 6.08. The number of hydrogen-bond donors (Lipinski definition) is 0. The Balaban J connectivity index is 2.25. The lowest BCUT2D eigenvalue weighted by molar-refractivity contribution is 0.330. The summed E-state index contributed by atoms with van der Waals surface area (Å²) >= 11 is 3.76. The fourth-order valence-electron chi connectivity index (χ4n) is 2.55. The van der Waals surface area contributed by atoms with Gasteiger partial charge in [0.05, 0.1) is 0 Å². The second-order valence-electron chi connectivity index (χ2n) is 4.78. The molecule has 1 aromatic heterocycles. The number of aromatic nitrogens is 2. The summed E-state index contributed by atoms with van der Waals surface area (Å²) in [5.74, 6) is 2.58. The van der Waals surface area contributed by atoms with E-state index in [1.54, 1.807) is 0 Å². The van der Waals surface area contributed by atoms with Gasteiger partial charge in [-0.1, -0.05) is 22.9 Å². The molecule has 0 amide bonds. The summed E-state index contributed by atoms with van der Waals surface area (Å²) in [6, 6.07) is 0. The van der Waals surface area contributed by atoms with E-state index in [0.29, 0.717) is 10.7 Å². The van der Waals surface area contributed by atoms with E-state index >= 15 is 0 Å². The predicted octanol–water partition coefficient (Wildman–Crippen LogP) is 3.40. The average molecular weight is 271 g/mol. The first-order valence-electron chi connectivity index (χ1n) is 5.72. The Kier molecular flexibility index (Phi) is 3.19.